The molecular formula is C20H23N5O3S2. The molecule has 30 heavy (non-hydrogen) atoms. The second-order valence-corrected chi connectivity index (χ2v) is 10.1. The molecule has 0 N–H and O–H groups in total. The first-order valence-electron chi connectivity index (χ1n) is 9.60. The molecule has 3 heterocycles. The number of carbonyl (C=O) groups excluding carboxylic acids is 1. The molecule has 0 atom stereocenters. The van der Waals surface area contributed by atoms with Crippen molar-refractivity contribution in [3.05, 3.63) is 48.2 Å². The topological polar surface area (TPSA) is 86.7 Å². The van der Waals surface area contributed by atoms with E-state index in [9.17, 15) is 13.2 Å². The number of piperazine rings is 1. The van der Waals surface area contributed by atoms with E-state index in [-0.39, 0.29) is 12.5 Å². The predicted octanol–water partition coefficient (Wildman–Crippen LogP) is 2.11. The zero-order chi connectivity index (χ0) is 21.3. The average Bonchev–Trinajstić information content (AvgIpc) is 3.16. The molecule has 1 saturated heterocycles. The third kappa shape index (κ3) is 4.24. The Morgan fingerprint density at radius 1 is 1.13 bits per heavy atom. The monoisotopic (exact) mass is 445 g/mol. The highest BCUT2D eigenvalue weighted by Crippen LogP contribution is 2.28. The normalized spacial score (nSPS) is 14.9. The van der Waals surface area contributed by atoms with E-state index in [1.54, 1.807) is 23.2 Å². The van der Waals surface area contributed by atoms with Gasteiger partial charge < -0.3 is 9.80 Å². The van der Waals surface area contributed by atoms with Gasteiger partial charge in [-0.1, -0.05) is 29.5 Å². The molecule has 0 aliphatic carbocycles. The Kier molecular flexibility index (Phi) is 5.61. The molecule has 8 nitrogen and oxygen atoms in total. The lowest BCUT2D eigenvalue weighted by Crippen LogP contribution is -2.52. The second kappa shape index (κ2) is 8.19. The van der Waals surface area contributed by atoms with E-state index >= 15 is 0 Å². The SMILES string of the molecule is Cc1ccccc1N(CC(=O)N1CCN(c2nc3cccnc3s2)CC1)S(C)(=O)=O. The summed E-state index contributed by atoms with van der Waals surface area (Å²) < 4.78 is 25.9. The minimum absolute atomic E-state index is 0.200. The number of para-hydroxylation sites is 1. The van der Waals surface area contributed by atoms with Gasteiger partial charge in [0.2, 0.25) is 15.9 Å². The fraction of sp³-hybridized carbons (Fsp3) is 0.350. The Labute approximate surface area is 179 Å². The van der Waals surface area contributed by atoms with Gasteiger partial charge in [-0.15, -0.1) is 0 Å². The van der Waals surface area contributed by atoms with Crippen molar-refractivity contribution in [1.29, 1.82) is 0 Å². The summed E-state index contributed by atoms with van der Waals surface area (Å²) in [6.07, 6.45) is 2.88. The zero-order valence-corrected chi connectivity index (χ0v) is 18.5. The van der Waals surface area contributed by atoms with E-state index in [1.165, 1.54) is 15.6 Å². The van der Waals surface area contributed by atoms with Gasteiger partial charge in [-0.05, 0) is 30.7 Å². The van der Waals surface area contributed by atoms with Gasteiger partial charge in [0.1, 0.15) is 16.9 Å². The molecule has 4 rings (SSSR count). The third-order valence-corrected chi connectivity index (χ3v) is 7.29. The Morgan fingerprint density at radius 2 is 1.87 bits per heavy atom. The Morgan fingerprint density at radius 3 is 2.53 bits per heavy atom. The van der Waals surface area contributed by atoms with Crippen molar-refractivity contribution in [2.24, 2.45) is 0 Å². The van der Waals surface area contributed by atoms with Crippen molar-refractivity contribution in [1.82, 2.24) is 14.9 Å². The number of fused-ring (bicyclic) bond motifs is 1. The minimum atomic E-state index is -3.58. The average molecular weight is 446 g/mol. The number of carbonyl (C=O) groups is 1. The first-order valence-corrected chi connectivity index (χ1v) is 12.3. The molecule has 10 heteroatoms. The van der Waals surface area contributed by atoms with E-state index in [0.29, 0.717) is 31.9 Å². The maximum atomic E-state index is 12.9. The van der Waals surface area contributed by atoms with Crippen LogP contribution in [0.2, 0.25) is 0 Å². The molecular weight excluding hydrogens is 422 g/mol. The number of pyridine rings is 1. The second-order valence-electron chi connectivity index (χ2n) is 7.25. The summed E-state index contributed by atoms with van der Waals surface area (Å²) >= 11 is 1.54. The molecule has 1 fully saturated rings. The quantitative estimate of drug-likeness (QED) is 0.598. The van der Waals surface area contributed by atoms with Crippen molar-refractivity contribution in [3.8, 4) is 0 Å². The summed E-state index contributed by atoms with van der Waals surface area (Å²) in [4.78, 5) is 26.6. The van der Waals surface area contributed by atoms with E-state index in [1.807, 2.05) is 31.2 Å². The zero-order valence-electron chi connectivity index (χ0n) is 16.9. The van der Waals surface area contributed by atoms with Crippen molar-refractivity contribution in [3.63, 3.8) is 0 Å². The Balaban J connectivity index is 1.43. The summed E-state index contributed by atoms with van der Waals surface area (Å²) in [6.45, 7) is 3.98. The van der Waals surface area contributed by atoms with E-state index < -0.39 is 10.0 Å². The molecule has 1 aromatic carbocycles. The number of nitrogens with zero attached hydrogens (tertiary/aromatic N) is 5. The van der Waals surface area contributed by atoms with Crippen molar-refractivity contribution >= 4 is 48.4 Å². The Bertz CT molecular complexity index is 1140. The van der Waals surface area contributed by atoms with Crippen LogP contribution in [0.25, 0.3) is 10.3 Å². The fourth-order valence-electron chi connectivity index (χ4n) is 3.49. The van der Waals surface area contributed by atoms with Gasteiger partial charge in [0.15, 0.2) is 5.13 Å². The van der Waals surface area contributed by atoms with Gasteiger partial charge in [0.25, 0.3) is 0 Å². The van der Waals surface area contributed by atoms with Crippen LogP contribution in [0.15, 0.2) is 42.6 Å². The van der Waals surface area contributed by atoms with Crippen molar-refractivity contribution in [2.45, 2.75) is 6.92 Å². The number of aryl methyl sites for hydroxylation is 1. The lowest BCUT2D eigenvalue weighted by Gasteiger charge is -2.35. The molecule has 0 bridgehead atoms. The molecule has 2 aromatic heterocycles. The number of thiazole rings is 1. The van der Waals surface area contributed by atoms with Gasteiger partial charge in [-0.3, -0.25) is 9.10 Å². The lowest BCUT2D eigenvalue weighted by molar-refractivity contribution is -0.129. The van der Waals surface area contributed by atoms with Gasteiger partial charge >= 0.3 is 0 Å². The molecule has 1 aliphatic heterocycles. The highest BCUT2D eigenvalue weighted by atomic mass is 32.2. The number of hydrogen-bond acceptors (Lipinski definition) is 7. The summed E-state index contributed by atoms with van der Waals surface area (Å²) in [7, 11) is -3.58. The molecule has 1 aliphatic rings. The van der Waals surface area contributed by atoms with Gasteiger partial charge in [-0.25, -0.2) is 18.4 Å². The molecule has 0 spiro atoms. The van der Waals surface area contributed by atoms with Crippen LogP contribution >= 0.6 is 11.3 Å². The van der Waals surface area contributed by atoms with Crippen LogP contribution in [0, 0.1) is 6.92 Å². The number of benzene rings is 1. The fourth-order valence-corrected chi connectivity index (χ4v) is 5.36. The largest absolute Gasteiger partial charge is 0.344 e. The molecule has 3 aromatic rings. The van der Waals surface area contributed by atoms with Crippen LogP contribution in [-0.4, -0.2) is 68.2 Å². The van der Waals surface area contributed by atoms with Gasteiger partial charge in [-0.2, -0.15) is 0 Å². The minimum Gasteiger partial charge on any atom is -0.344 e. The van der Waals surface area contributed by atoms with Crippen LogP contribution in [0.5, 0.6) is 0 Å². The third-order valence-electron chi connectivity index (χ3n) is 5.12. The van der Waals surface area contributed by atoms with Crippen molar-refractivity contribution < 1.29 is 13.2 Å². The summed E-state index contributed by atoms with van der Waals surface area (Å²) in [5.41, 5.74) is 2.22. The molecule has 1 amide bonds. The van der Waals surface area contributed by atoms with Gasteiger partial charge in [0, 0.05) is 32.4 Å². The van der Waals surface area contributed by atoms with Crippen LogP contribution in [-0.2, 0) is 14.8 Å². The first-order chi connectivity index (χ1) is 14.3. The molecule has 158 valence electrons. The van der Waals surface area contributed by atoms with E-state index in [0.717, 1.165) is 27.3 Å². The highest BCUT2D eigenvalue weighted by molar-refractivity contribution is 7.92. The molecule has 0 radical (unpaired) electrons. The van der Waals surface area contributed by atoms with E-state index in [4.69, 9.17) is 0 Å². The summed E-state index contributed by atoms with van der Waals surface area (Å²) in [5, 5.41) is 0.897. The number of rotatable bonds is 5. The predicted molar refractivity (Wildman–Crippen MR) is 120 cm³/mol. The molecule has 0 unspecified atom stereocenters. The first kappa shape index (κ1) is 20.5. The smallest absolute Gasteiger partial charge is 0.243 e. The van der Waals surface area contributed by atoms with Crippen LogP contribution in [0.1, 0.15) is 5.56 Å². The number of aromatic nitrogens is 2. The standard InChI is InChI=1S/C20H23N5O3S2/c1-15-6-3-4-8-17(15)25(30(2,27)28)14-18(26)23-10-12-24(13-11-23)20-22-16-7-5-9-21-19(16)29-20/h3-9H,10-14H2,1-2H3. The van der Waals surface area contributed by atoms with E-state index in [2.05, 4.69) is 14.9 Å². The van der Waals surface area contributed by atoms with Crippen LogP contribution in [0.3, 0.4) is 0 Å². The maximum absolute atomic E-state index is 12.9. The maximum Gasteiger partial charge on any atom is 0.243 e. The number of sulfonamides is 1. The van der Waals surface area contributed by atoms with Crippen LogP contribution < -0.4 is 9.21 Å². The lowest BCUT2D eigenvalue weighted by atomic mass is 10.2. The Hall–Kier alpha value is -2.72. The summed E-state index contributed by atoms with van der Waals surface area (Å²) in [6, 6.07) is 11.0. The number of amides is 1. The van der Waals surface area contributed by atoms with Gasteiger partial charge in [0.05, 0.1) is 11.9 Å². The van der Waals surface area contributed by atoms with Crippen molar-refractivity contribution in [2.75, 3.05) is 48.2 Å². The number of hydrogen-bond donors (Lipinski definition) is 0. The number of anilines is 2. The molecule has 0 saturated carbocycles. The van der Waals surface area contributed by atoms with Crippen LogP contribution in [0.4, 0.5) is 10.8 Å². The highest BCUT2D eigenvalue weighted by Gasteiger charge is 2.28. The summed E-state index contributed by atoms with van der Waals surface area (Å²) in [5.74, 6) is -0.200.